The Morgan fingerprint density at radius 3 is 2.69 bits per heavy atom. The summed E-state index contributed by atoms with van der Waals surface area (Å²) in [5.41, 5.74) is 0. The minimum absolute atomic E-state index is 0.623. The van der Waals surface area contributed by atoms with Crippen molar-refractivity contribution in [3.63, 3.8) is 0 Å². The Kier molecular flexibility index (Phi) is 7.01. The third-order valence-corrected chi connectivity index (χ3v) is 3.67. The van der Waals surface area contributed by atoms with E-state index in [1.165, 1.54) is 25.7 Å². The summed E-state index contributed by atoms with van der Waals surface area (Å²) >= 11 is 0. The number of ether oxygens (including phenoxy) is 1. The van der Waals surface area contributed by atoms with Gasteiger partial charge in [-0.2, -0.15) is 0 Å². The van der Waals surface area contributed by atoms with Crippen LogP contribution in [0.1, 0.15) is 39.0 Å². The van der Waals surface area contributed by atoms with E-state index in [0.717, 1.165) is 32.2 Å². The maximum absolute atomic E-state index is 5.07. The van der Waals surface area contributed by atoms with E-state index in [9.17, 15) is 0 Å². The first kappa shape index (κ1) is 13.9. The molecule has 1 N–H and O–H groups in total. The first-order valence-electron chi connectivity index (χ1n) is 6.66. The maximum atomic E-state index is 5.07. The van der Waals surface area contributed by atoms with Gasteiger partial charge in [-0.3, -0.25) is 0 Å². The average molecular weight is 228 g/mol. The highest BCUT2D eigenvalue weighted by atomic mass is 16.5. The van der Waals surface area contributed by atoms with Crippen LogP contribution in [-0.2, 0) is 4.74 Å². The summed E-state index contributed by atoms with van der Waals surface area (Å²) in [5.74, 6) is 0. The number of nitrogens with zero attached hydrogens (tertiary/aromatic N) is 1. The van der Waals surface area contributed by atoms with Crippen molar-refractivity contribution in [1.29, 1.82) is 0 Å². The molecule has 1 aliphatic carbocycles. The molecule has 1 rings (SSSR count). The van der Waals surface area contributed by atoms with Crippen molar-refractivity contribution in [2.24, 2.45) is 0 Å². The van der Waals surface area contributed by atoms with Crippen LogP contribution in [0, 0.1) is 0 Å². The Morgan fingerprint density at radius 1 is 1.38 bits per heavy atom. The number of hydrogen-bond acceptors (Lipinski definition) is 3. The molecular weight excluding hydrogens is 200 g/mol. The van der Waals surface area contributed by atoms with E-state index < -0.39 is 0 Å². The van der Waals surface area contributed by atoms with Gasteiger partial charge in [0.05, 0.1) is 0 Å². The molecule has 1 aliphatic rings. The molecule has 0 aromatic rings. The van der Waals surface area contributed by atoms with Crippen LogP contribution in [0.25, 0.3) is 0 Å². The van der Waals surface area contributed by atoms with Gasteiger partial charge in [0.2, 0.25) is 0 Å². The highest BCUT2D eigenvalue weighted by Crippen LogP contribution is 2.17. The van der Waals surface area contributed by atoms with Crippen molar-refractivity contribution in [2.75, 3.05) is 33.9 Å². The minimum Gasteiger partial charge on any atom is -0.385 e. The van der Waals surface area contributed by atoms with Crippen molar-refractivity contribution >= 4 is 0 Å². The zero-order chi connectivity index (χ0) is 11.8. The Balaban J connectivity index is 2.05. The number of methoxy groups -OCH3 is 1. The SMILES string of the molecule is COCCCN(C)C(C)CNC1CCCC1. The standard InChI is InChI=1S/C13H28N2O/c1-12(15(2)9-6-10-16-3)11-14-13-7-4-5-8-13/h12-14H,4-11H2,1-3H3. The summed E-state index contributed by atoms with van der Waals surface area (Å²) in [6, 6.07) is 1.41. The molecule has 0 aliphatic heterocycles. The lowest BCUT2D eigenvalue weighted by Gasteiger charge is -2.26. The summed E-state index contributed by atoms with van der Waals surface area (Å²) in [5, 5.41) is 3.68. The lowest BCUT2D eigenvalue weighted by molar-refractivity contribution is 0.166. The zero-order valence-corrected chi connectivity index (χ0v) is 11.2. The Labute approximate surface area is 101 Å². The van der Waals surface area contributed by atoms with Gasteiger partial charge in [-0.25, -0.2) is 0 Å². The molecule has 3 heteroatoms. The second-order valence-corrected chi connectivity index (χ2v) is 5.07. The molecule has 3 nitrogen and oxygen atoms in total. The Bertz CT molecular complexity index is 169. The van der Waals surface area contributed by atoms with Crippen LogP contribution < -0.4 is 5.32 Å². The van der Waals surface area contributed by atoms with E-state index in [0.29, 0.717) is 6.04 Å². The normalized spacial score (nSPS) is 19.5. The molecule has 16 heavy (non-hydrogen) atoms. The maximum Gasteiger partial charge on any atom is 0.0474 e. The van der Waals surface area contributed by atoms with Gasteiger partial charge in [-0.05, 0) is 33.2 Å². The first-order valence-corrected chi connectivity index (χ1v) is 6.66. The van der Waals surface area contributed by atoms with E-state index in [2.05, 4.69) is 24.2 Å². The Hall–Kier alpha value is -0.120. The summed E-state index contributed by atoms with van der Waals surface area (Å²) in [6.45, 7) is 5.41. The second-order valence-electron chi connectivity index (χ2n) is 5.07. The number of hydrogen-bond donors (Lipinski definition) is 1. The quantitative estimate of drug-likeness (QED) is 0.642. The molecule has 1 unspecified atom stereocenters. The summed E-state index contributed by atoms with van der Waals surface area (Å²) in [4.78, 5) is 2.42. The van der Waals surface area contributed by atoms with Gasteiger partial charge >= 0.3 is 0 Å². The van der Waals surface area contributed by atoms with Crippen LogP contribution in [0.5, 0.6) is 0 Å². The number of rotatable bonds is 8. The van der Waals surface area contributed by atoms with E-state index in [4.69, 9.17) is 4.74 Å². The van der Waals surface area contributed by atoms with Gasteiger partial charge in [0, 0.05) is 38.9 Å². The van der Waals surface area contributed by atoms with Gasteiger partial charge < -0.3 is 15.0 Å². The predicted octanol–water partition coefficient (Wildman–Crippen LogP) is 1.88. The fourth-order valence-corrected chi connectivity index (χ4v) is 2.30. The molecule has 0 radical (unpaired) electrons. The molecule has 0 bridgehead atoms. The van der Waals surface area contributed by atoms with Crippen molar-refractivity contribution < 1.29 is 4.74 Å². The minimum atomic E-state index is 0.623. The van der Waals surface area contributed by atoms with Crippen LogP contribution in [0.2, 0.25) is 0 Å². The van der Waals surface area contributed by atoms with E-state index >= 15 is 0 Å². The van der Waals surface area contributed by atoms with Gasteiger partial charge in [-0.15, -0.1) is 0 Å². The molecule has 1 atom stereocenters. The highest BCUT2D eigenvalue weighted by molar-refractivity contribution is 4.76. The number of likely N-dealkylation sites (N-methyl/N-ethyl adjacent to an activating group) is 1. The first-order chi connectivity index (χ1) is 7.74. The van der Waals surface area contributed by atoms with Crippen molar-refractivity contribution in [3.8, 4) is 0 Å². The zero-order valence-electron chi connectivity index (χ0n) is 11.2. The summed E-state index contributed by atoms with van der Waals surface area (Å²) < 4.78 is 5.07. The third kappa shape index (κ3) is 5.28. The summed E-state index contributed by atoms with van der Waals surface area (Å²) in [6.07, 6.45) is 6.70. The molecule has 1 fully saturated rings. The molecule has 0 saturated heterocycles. The molecule has 1 saturated carbocycles. The monoisotopic (exact) mass is 228 g/mol. The molecule has 96 valence electrons. The second kappa shape index (κ2) is 8.04. The van der Waals surface area contributed by atoms with Crippen molar-refractivity contribution in [3.05, 3.63) is 0 Å². The molecule has 0 aromatic heterocycles. The van der Waals surface area contributed by atoms with E-state index in [-0.39, 0.29) is 0 Å². The number of nitrogens with one attached hydrogen (secondary N) is 1. The molecule has 0 spiro atoms. The fourth-order valence-electron chi connectivity index (χ4n) is 2.30. The van der Waals surface area contributed by atoms with E-state index in [1.54, 1.807) is 7.11 Å². The van der Waals surface area contributed by atoms with Crippen LogP contribution >= 0.6 is 0 Å². The summed E-state index contributed by atoms with van der Waals surface area (Å²) in [7, 11) is 3.97. The van der Waals surface area contributed by atoms with Crippen LogP contribution in [-0.4, -0.2) is 50.8 Å². The third-order valence-electron chi connectivity index (χ3n) is 3.67. The van der Waals surface area contributed by atoms with Gasteiger partial charge in [-0.1, -0.05) is 12.8 Å². The smallest absolute Gasteiger partial charge is 0.0474 e. The average Bonchev–Trinajstić information content (AvgIpc) is 2.79. The lowest BCUT2D eigenvalue weighted by atomic mass is 10.2. The highest BCUT2D eigenvalue weighted by Gasteiger charge is 2.16. The fraction of sp³-hybridized carbons (Fsp3) is 1.00. The lowest BCUT2D eigenvalue weighted by Crippen LogP contribution is -2.41. The van der Waals surface area contributed by atoms with Crippen LogP contribution in [0.15, 0.2) is 0 Å². The van der Waals surface area contributed by atoms with E-state index in [1.807, 2.05) is 0 Å². The molecule has 0 heterocycles. The molecule has 0 aromatic carbocycles. The topological polar surface area (TPSA) is 24.5 Å². The molecule has 0 amide bonds. The predicted molar refractivity (Wildman–Crippen MR) is 68.8 cm³/mol. The van der Waals surface area contributed by atoms with Crippen molar-refractivity contribution in [1.82, 2.24) is 10.2 Å². The van der Waals surface area contributed by atoms with Gasteiger partial charge in [0.1, 0.15) is 0 Å². The van der Waals surface area contributed by atoms with Gasteiger partial charge in [0.15, 0.2) is 0 Å². The van der Waals surface area contributed by atoms with Crippen molar-refractivity contribution in [2.45, 2.75) is 51.1 Å². The van der Waals surface area contributed by atoms with Crippen LogP contribution in [0.3, 0.4) is 0 Å². The van der Waals surface area contributed by atoms with Gasteiger partial charge in [0.25, 0.3) is 0 Å². The largest absolute Gasteiger partial charge is 0.385 e. The van der Waals surface area contributed by atoms with Crippen LogP contribution in [0.4, 0.5) is 0 Å². The Morgan fingerprint density at radius 2 is 2.06 bits per heavy atom. The molecular formula is C13H28N2O.